The van der Waals surface area contributed by atoms with Gasteiger partial charge >= 0.3 is 5.97 Å². The number of likely N-dealkylation sites (tertiary alicyclic amines) is 1. The molecule has 2 heterocycles. The van der Waals surface area contributed by atoms with Crippen molar-refractivity contribution < 1.29 is 14.3 Å². The lowest BCUT2D eigenvalue weighted by atomic mass is 10.0. The second kappa shape index (κ2) is 7.78. The molecule has 1 aromatic carbocycles. The summed E-state index contributed by atoms with van der Waals surface area (Å²) in [5, 5.41) is 4.52. The maximum atomic E-state index is 12.9. The first kappa shape index (κ1) is 18.7. The monoisotopic (exact) mass is 381 g/mol. The zero-order valence-electron chi connectivity index (χ0n) is 16.5. The van der Waals surface area contributed by atoms with Crippen molar-refractivity contribution >= 4 is 11.9 Å². The Morgan fingerprint density at radius 3 is 2.57 bits per heavy atom. The molecule has 1 aliphatic carbocycles. The van der Waals surface area contributed by atoms with E-state index in [0.717, 1.165) is 25.0 Å². The van der Waals surface area contributed by atoms with E-state index >= 15 is 0 Å². The molecule has 0 unspecified atom stereocenters. The minimum atomic E-state index is -0.328. The van der Waals surface area contributed by atoms with Crippen molar-refractivity contribution in [3.05, 3.63) is 53.3 Å². The van der Waals surface area contributed by atoms with Crippen molar-refractivity contribution in [2.45, 2.75) is 45.1 Å². The van der Waals surface area contributed by atoms with E-state index in [1.807, 2.05) is 30.0 Å². The Morgan fingerprint density at radius 1 is 1.18 bits per heavy atom. The number of hydrogen-bond donors (Lipinski definition) is 0. The first-order valence-electron chi connectivity index (χ1n) is 10.2. The minimum absolute atomic E-state index is 0.126. The van der Waals surface area contributed by atoms with Crippen LogP contribution in [0.15, 0.2) is 36.4 Å². The zero-order chi connectivity index (χ0) is 19.7. The number of aryl methyl sites for hydroxylation is 1. The van der Waals surface area contributed by atoms with Gasteiger partial charge in [-0.1, -0.05) is 30.3 Å². The molecule has 2 atom stereocenters. The number of piperidine rings is 1. The largest absolute Gasteiger partial charge is 0.461 e. The van der Waals surface area contributed by atoms with Gasteiger partial charge in [0.25, 0.3) is 0 Å². The van der Waals surface area contributed by atoms with Gasteiger partial charge in [0.05, 0.1) is 18.3 Å². The number of carbonyl (C=O) groups excluding carboxylic acids is 2. The van der Waals surface area contributed by atoms with Crippen LogP contribution in [0.25, 0.3) is 0 Å². The number of aromatic nitrogens is 2. The van der Waals surface area contributed by atoms with Gasteiger partial charge in [0.15, 0.2) is 0 Å². The van der Waals surface area contributed by atoms with Crippen LogP contribution in [-0.2, 0) is 9.53 Å². The van der Waals surface area contributed by atoms with E-state index in [2.05, 4.69) is 17.2 Å². The first-order valence-corrected chi connectivity index (χ1v) is 10.2. The van der Waals surface area contributed by atoms with Gasteiger partial charge in [0.1, 0.15) is 5.69 Å². The van der Waals surface area contributed by atoms with Crippen molar-refractivity contribution in [3.63, 3.8) is 0 Å². The van der Waals surface area contributed by atoms with Crippen LogP contribution in [0.3, 0.4) is 0 Å². The molecule has 148 valence electrons. The van der Waals surface area contributed by atoms with E-state index in [-0.39, 0.29) is 23.8 Å². The summed E-state index contributed by atoms with van der Waals surface area (Å²) in [5.41, 5.74) is 2.59. The number of hydrogen-bond acceptors (Lipinski definition) is 4. The lowest BCUT2D eigenvalue weighted by molar-refractivity contribution is -0.134. The van der Waals surface area contributed by atoms with Crippen LogP contribution in [0.2, 0.25) is 0 Å². The highest BCUT2D eigenvalue weighted by atomic mass is 16.5. The van der Waals surface area contributed by atoms with Gasteiger partial charge in [0, 0.05) is 19.0 Å². The Bertz CT molecular complexity index is 853. The summed E-state index contributed by atoms with van der Waals surface area (Å²) in [6.07, 6.45) is 2.57. The van der Waals surface area contributed by atoms with Crippen molar-refractivity contribution in [1.29, 1.82) is 0 Å². The van der Waals surface area contributed by atoms with Crippen molar-refractivity contribution in [3.8, 4) is 0 Å². The molecule has 0 radical (unpaired) electrons. The molecule has 6 heteroatoms. The van der Waals surface area contributed by atoms with Gasteiger partial charge < -0.3 is 9.64 Å². The van der Waals surface area contributed by atoms with Crippen molar-refractivity contribution in [2.24, 2.45) is 5.92 Å². The van der Waals surface area contributed by atoms with Gasteiger partial charge in [-0.3, -0.25) is 9.48 Å². The number of ether oxygens (including phenoxy) is 1. The molecule has 1 saturated heterocycles. The lowest BCUT2D eigenvalue weighted by Crippen LogP contribution is -2.40. The smallest absolute Gasteiger partial charge is 0.356 e. The molecular formula is C22H27N3O3. The Morgan fingerprint density at radius 2 is 1.89 bits per heavy atom. The highest BCUT2D eigenvalue weighted by Gasteiger charge is 2.46. The maximum absolute atomic E-state index is 12.9. The first-order chi connectivity index (χ1) is 13.6. The summed E-state index contributed by atoms with van der Waals surface area (Å²) in [6, 6.07) is 12.2. The number of esters is 1. The van der Waals surface area contributed by atoms with Gasteiger partial charge in [-0.05, 0) is 50.7 Å². The topological polar surface area (TPSA) is 64.4 Å². The Labute approximate surface area is 165 Å². The minimum Gasteiger partial charge on any atom is -0.461 e. The summed E-state index contributed by atoms with van der Waals surface area (Å²) in [4.78, 5) is 27.1. The summed E-state index contributed by atoms with van der Waals surface area (Å²) in [7, 11) is 0. The van der Waals surface area contributed by atoms with Gasteiger partial charge in [-0.25, -0.2) is 4.79 Å². The van der Waals surface area contributed by atoms with Crippen molar-refractivity contribution in [1.82, 2.24) is 14.7 Å². The SMILES string of the molecule is CCOC(=O)c1cc(C)nn1C1CCN(C(=O)[C@H]2C[C@H]2c2ccccc2)CC1. The van der Waals surface area contributed by atoms with Gasteiger partial charge in [-0.15, -0.1) is 0 Å². The number of benzene rings is 1. The number of carbonyl (C=O) groups is 2. The molecule has 6 nitrogen and oxygen atoms in total. The van der Waals surface area contributed by atoms with Crippen LogP contribution in [0.4, 0.5) is 0 Å². The molecule has 4 rings (SSSR count). The van der Waals surface area contributed by atoms with Crippen LogP contribution in [0.5, 0.6) is 0 Å². The summed E-state index contributed by atoms with van der Waals surface area (Å²) >= 11 is 0. The van der Waals surface area contributed by atoms with E-state index in [4.69, 9.17) is 4.74 Å². The van der Waals surface area contributed by atoms with Crippen LogP contribution in [-0.4, -0.2) is 46.3 Å². The summed E-state index contributed by atoms with van der Waals surface area (Å²) in [5.74, 6) is 0.441. The predicted molar refractivity (Wildman–Crippen MR) is 105 cm³/mol. The molecule has 1 aliphatic heterocycles. The lowest BCUT2D eigenvalue weighted by Gasteiger charge is -2.33. The second-order valence-electron chi connectivity index (χ2n) is 7.75. The third kappa shape index (κ3) is 3.68. The predicted octanol–water partition coefficient (Wildman–Crippen LogP) is 3.34. The Kier molecular flexibility index (Phi) is 5.20. The molecule has 0 spiro atoms. The van der Waals surface area contributed by atoms with E-state index in [1.165, 1.54) is 5.56 Å². The molecule has 0 bridgehead atoms. The second-order valence-corrected chi connectivity index (χ2v) is 7.75. The molecule has 2 fully saturated rings. The highest BCUT2D eigenvalue weighted by Crippen LogP contribution is 2.48. The van der Waals surface area contributed by atoms with E-state index in [0.29, 0.717) is 31.3 Å². The maximum Gasteiger partial charge on any atom is 0.356 e. The fourth-order valence-corrected chi connectivity index (χ4v) is 4.25. The Hall–Kier alpha value is -2.63. The molecule has 1 aromatic heterocycles. The Balaban J connectivity index is 1.37. The fraction of sp³-hybridized carbons (Fsp3) is 0.500. The molecular weight excluding hydrogens is 354 g/mol. The standard InChI is InChI=1S/C22H27N3O3/c1-3-28-22(27)20-13-15(2)23-25(20)17-9-11-24(12-10-17)21(26)19-14-18(19)16-7-5-4-6-8-16/h4-8,13,17-19H,3,9-12,14H2,1-2H3/t18-,19-/m0/s1. The van der Waals surface area contributed by atoms with E-state index in [9.17, 15) is 9.59 Å². The van der Waals surface area contributed by atoms with Crippen LogP contribution < -0.4 is 0 Å². The number of nitrogens with zero attached hydrogens (tertiary/aromatic N) is 3. The number of amides is 1. The van der Waals surface area contributed by atoms with Gasteiger partial charge in [-0.2, -0.15) is 5.10 Å². The third-order valence-corrected chi connectivity index (χ3v) is 5.80. The number of rotatable bonds is 5. The normalized spacial score (nSPS) is 22.1. The van der Waals surface area contributed by atoms with Crippen molar-refractivity contribution in [2.75, 3.05) is 19.7 Å². The quantitative estimate of drug-likeness (QED) is 0.745. The third-order valence-electron chi connectivity index (χ3n) is 5.80. The summed E-state index contributed by atoms with van der Waals surface area (Å²) < 4.78 is 6.97. The average molecular weight is 381 g/mol. The van der Waals surface area contributed by atoms with Crippen LogP contribution >= 0.6 is 0 Å². The molecule has 1 amide bonds. The van der Waals surface area contributed by atoms with Gasteiger partial charge in [0.2, 0.25) is 5.91 Å². The molecule has 0 N–H and O–H groups in total. The zero-order valence-corrected chi connectivity index (χ0v) is 16.5. The molecule has 2 aliphatic rings. The van der Waals surface area contributed by atoms with Crippen LogP contribution in [0, 0.1) is 12.8 Å². The molecule has 1 saturated carbocycles. The highest BCUT2D eigenvalue weighted by molar-refractivity contribution is 5.87. The fourth-order valence-electron chi connectivity index (χ4n) is 4.25. The summed E-state index contributed by atoms with van der Waals surface area (Å²) in [6.45, 7) is 5.45. The van der Waals surface area contributed by atoms with E-state index in [1.54, 1.807) is 17.7 Å². The van der Waals surface area contributed by atoms with Crippen LogP contribution in [0.1, 0.15) is 59.9 Å². The molecule has 2 aromatic rings. The molecule has 28 heavy (non-hydrogen) atoms. The van der Waals surface area contributed by atoms with E-state index < -0.39 is 0 Å². The average Bonchev–Trinajstić information content (AvgIpc) is 3.43.